The average Bonchev–Trinajstić information content (AvgIpc) is 3.26. The van der Waals surface area contributed by atoms with Gasteiger partial charge in [-0.05, 0) is 37.3 Å². The molecule has 0 fully saturated rings. The summed E-state index contributed by atoms with van der Waals surface area (Å²) in [5.41, 5.74) is 2.02. The molecule has 1 aromatic carbocycles. The van der Waals surface area contributed by atoms with Crippen LogP contribution in [0.2, 0.25) is 0 Å². The van der Waals surface area contributed by atoms with Gasteiger partial charge in [-0.3, -0.25) is 14.4 Å². The van der Waals surface area contributed by atoms with Gasteiger partial charge in [-0.25, -0.2) is 0 Å². The minimum absolute atomic E-state index is 0.0375. The largest absolute Gasteiger partial charge is 0.463 e. The van der Waals surface area contributed by atoms with Crippen LogP contribution in [-0.2, 0) is 30.3 Å². The Morgan fingerprint density at radius 1 is 1.20 bits per heavy atom. The number of allylic oxidation sites excluding steroid dienone is 2. The Bertz CT molecular complexity index is 1000. The van der Waals surface area contributed by atoms with Crippen molar-refractivity contribution in [3.63, 3.8) is 0 Å². The van der Waals surface area contributed by atoms with Crippen molar-refractivity contribution in [1.82, 2.24) is 15.6 Å². The average molecular weight is 486 g/mol. The van der Waals surface area contributed by atoms with Crippen LogP contribution in [0.1, 0.15) is 37.7 Å². The number of aromatic nitrogens is 1. The quantitative estimate of drug-likeness (QED) is 0.244. The maximum absolute atomic E-state index is 13.2. The van der Waals surface area contributed by atoms with Gasteiger partial charge in [-0.2, -0.15) is 0 Å². The molecule has 2 heterocycles. The van der Waals surface area contributed by atoms with E-state index in [0.29, 0.717) is 45.3 Å². The number of rotatable bonds is 9. The maximum Gasteiger partial charge on any atom is 0.305 e. The van der Waals surface area contributed by atoms with Gasteiger partial charge in [0, 0.05) is 36.5 Å². The van der Waals surface area contributed by atoms with Crippen molar-refractivity contribution in [3.8, 4) is 0 Å². The Balaban J connectivity index is 1.68. The lowest BCUT2D eigenvalue weighted by molar-refractivity contribution is -0.145. The summed E-state index contributed by atoms with van der Waals surface area (Å²) in [4.78, 5) is 41.1. The fourth-order valence-corrected chi connectivity index (χ4v) is 4.05. The summed E-state index contributed by atoms with van der Waals surface area (Å²) in [7, 11) is 0. The number of ether oxygens (including phenoxy) is 2. The predicted octanol–water partition coefficient (Wildman–Crippen LogP) is 2.00. The highest BCUT2D eigenvalue weighted by molar-refractivity contribution is 5.86. The summed E-state index contributed by atoms with van der Waals surface area (Å²) in [5, 5.41) is 15.6. The molecule has 2 atom stereocenters. The second-order valence-electron chi connectivity index (χ2n) is 8.64. The molecule has 2 amide bonds. The number of aliphatic hydroxyl groups excluding tert-OH is 1. The van der Waals surface area contributed by atoms with Crippen molar-refractivity contribution >= 4 is 28.7 Å². The molecule has 2 unspecified atom stereocenters. The third-order valence-corrected chi connectivity index (χ3v) is 5.88. The molecule has 0 aliphatic carbocycles. The van der Waals surface area contributed by atoms with Crippen molar-refractivity contribution in [1.29, 1.82) is 0 Å². The zero-order valence-electron chi connectivity index (χ0n) is 20.0. The fraction of sp³-hybridized carbons (Fsp3) is 0.500. The molecular weight excluding hydrogens is 450 g/mol. The number of aromatic amines is 1. The monoisotopic (exact) mass is 485 g/mol. The van der Waals surface area contributed by atoms with E-state index in [-0.39, 0.29) is 44.0 Å². The van der Waals surface area contributed by atoms with Crippen LogP contribution in [0.15, 0.2) is 42.6 Å². The number of cyclic esters (lactones) is 1. The number of carbonyl (C=O) groups excluding carboxylic acids is 3. The molecule has 2 aromatic rings. The van der Waals surface area contributed by atoms with E-state index < -0.39 is 12.0 Å². The van der Waals surface area contributed by atoms with E-state index in [2.05, 4.69) is 15.6 Å². The number of nitrogens with one attached hydrogen (secondary N) is 3. The van der Waals surface area contributed by atoms with Crippen LogP contribution in [0.25, 0.3) is 10.9 Å². The fourth-order valence-electron chi connectivity index (χ4n) is 4.05. The number of H-pyrrole nitrogens is 1. The van der Waals surface area contributed by atoms with Gasteiger partial charge in [0.25, 0.3) is 0 Å². The molecule has 1 aliphatic heterocycles. The number of aliphatic hydroxyl groups is 1. The molecule has 0 saturated carbocycles. The van der Waals surface area contributed by atoms with E-state index in [1.807, 2.05) is 42.6 Å². The third kappa shape index (κ3) is 8.84. The lowest BCUT2D eigenvalue weighted by Gasteiger charge is -2.22. The lowest BCUT2D eigenvalue weighted by Crippen LogP contribution is -2.44. The van der Waals surface area contributed by atoms with Crippen LogP contribution in [0.3, 0.4) is 0 Å². The van der Waals surface area contributed by atoms with Crippen LogP contribution in [0.4, 0.5) is 0 Å². The van der Waals surface area contributed by atoms with Gasteiger partial charge >= 0.3 is 5.97 Å². The Kier molecular flexibility index (Phi) is 10.8. The van der Waals surface area contributed by atoms with Crippen LogP contribution in [0.5, 0.6) is 0 Å². The van der Waals surface area contributed by atoms with Crippen molar-refractivity contribution in [2.24, 2.45) is 5.92 Å². The molecule has 0 spiro atoms. The van der Waals surface area contributed by atoms with Gasteiger partial charge in [0.1, 0.15) is 6.61 Å². The van der Waals surface area contributed by atoms with Crippen molar-refractivity contribution < 1.29 is 29.0 Å². The summed E-state index contributed by atoms with van der Waals surface area (Å²) >= 11 is 0. The first-order chi connectivity index (χ1) is 17.1. The smallest absolute Gasteiger partial charge is 0.305 e. The summed E-state index contributed by atoms with van der Waals surface area (Å²) in [6.45, 7) is 0.813. The van der Waals surface area contributed by atoms with E-state index in [1.54, 1.807) is 0 Å². The molecule has 4 N–H and O–H groups in total. The lowest BCUT2D eigenvalue weighted by atomic mass is 9.97. The second kappa shape index (κ2) is 14.3. The molecule has 1 aromatic heterocycles. The standard InChI is InChI=1S/C26H35N3O6/c30-12-14-34-13-11-27-24(31)16-19-7-3-1-2-4-10-25(32)35-18-21(29-26(19)33)15-20-17-28-23-9-6-5-8-22(20)23/h1,3,5-6,8-9,17,19,21,28,30H,2,4,7,10-16,18H2,(H,27,31)(H,29,33). The minimum atomic E-state index is -0.550. The van der Waals surface area contributed by atoms with Gasteiger partial charge in [-0.15, -0.1) is 0 Å². The highest BCUT2D eigenvalue weighted by Crippen LogP contribution is 2.20. The zero-order chi connectivity index (χ0) is 24.9. The predicted molar refractivity (Wildman–Crippen MR) is 132 cm³/mol. The number of carbonyl (C=O) groups is 3. The van der Waals surface area contributed by atoms with Crippen molar-refractivity contribution in [2.75, 3.05) is 33.0 Å². The second-order valence-corrected chi connectivity index (χ2v) is 8.64. The van der Waals surface area contributed by atoms with Gasteiger partial charge in [0.15, 0.2) is 0 Å². The van der Waals surface area contributed by atoms with Gasteiger partial charge < -0.3 is 30.2 Å². The van der Waals surface area contributed by atoms with Gasteiger partial charge in [0.2, 0.25) is 11.8 Å². The number of para-hydroxylation sites is 1. The number of fused-ring (bicyclic) bond motifs is 1. The maximum atomic E-state index is 13.2. The van der Waals surface area contributed by atoms with E-state index in [1.165, 1.54) is 0 Å². The Morgan fingerprint density at radius 2 is 2.06 bits per heavy atom. The highest BCUT2D eigenvalue weighted by Gasteiger charge is 2.25. The summed E-state index contributed by atoms with van der Waals surface area (Å²) in [6.07, 6.45) is 8.40. The molecular formula is C26H35N3O6. The minimum Gasteiger partial charge on any atom is -0.463 e. The first-order valence-corrected chi connectivity index (χ1v) is 12.2. The molecule has 0 bridgehead atoms. The van der Waals surface area contributed by atoms with E-state index in [0.717, 1.165) is 16.5 Å². The molecule has 9 heteroatoms. The molecule has 190 valence electrons. The summed E-state index contributed by atoms with van der Waals surface area (Å²) in [5.74, 6) is -1.32. The molecule has 0 saturated heterocycles. The Morgan fingerprint density at radius 3 is 2.91 bits per heavy atom. The molecule has 0 radical (unpaired) electrons. The molecule has 1 aliphatic rings. The van der Waals surface area contributed by atoms with Gasteiger partial charge in [-0.1, -0.05) is 30.4 Å². The number of hydrogen-bond donors (Lipinski definition) is 4. The first kappa shape index (κ1) is 26.4. The van der Waals surface area contributed by atoms with E-state index >= 15 is 0 Å². The van der Waals surface area contributed by atoms with E-state index in [9.17, 15) is 14.4 Å². The normalized spacial score (nSPS) is 19.8. The van der Waals surface area contributed by atoms with Crippen LogP contribution in [0, 0.1) is 5.92 Å². The van der Waals surface area contributed by atoms with Crippen LogP contribution >= 0.6 is 0 Å². The Hall–Kier alpha value is -3.17. The number of esters is 1. The first-order valence-electron chi connectivity index (χ1n) is 12.2. The van der Waals surface area contributed by atoms with Gasteiger partial charge in [0.05, 0.1) is 31.8 Å². The number of amides is 2. The highest BCUT2D eigenvalue weighted by atomic mass is 16.5. The SMILES string of the molecule is O=C(CC1CC=CCCCC(=O)OCC(Cc2c[nH]c3ccccc23)NC1=O)NCCOCCO. The van der Waals surface area contributed by atoms with Crippen LogP contribution in [-0.4, -0.2) is 66.9 Å². The molecule has 35 heavy (non-hydrogen) atoms. The number of hydrogen-bond acceptors (Lipinski definition) is 6. The molecule has 9 nitrogen and oxygen atoms in total. The van der Waals surface area contributed by atoms with Crippen molar-refractivity contribution in [2.45, 2.75) is 44.6 Å². The summed E-state index contributed by atoms with van der Waals surface area (Å²) in [6, 6.07) is 7.48. The number of benzene rings is 1. The van der Waals surface area contributed by atoms with E-state index in [4.69, 9.17) is 14.6 Å². The molecule has 3 rings (SSSR count). The Labute approximate surface area is 205 Å². The van der Waals surface area contributed by atoms with Crippen LogP contribution < -0.4 is 10.6 Å². The van der Waals surface area contributed by atoms with Crippen molar-refractivity contribution in [3.05, 3.63) is 48.2 Å². The summed E-state index contributed by atoms with van der Waals surface area (Å²) < 4.78 is 10.6. The third-order valence-electron chi connectivity index (χ3n) is 5.88. The topological polar surface area (TPSA) is 130 Å². The zero-order valence-corrected chi connectivity index (χ0v) is 20.0.